The summed E-state index contributed by atoms with van der Waals surface area (Å²) in [6, 6.07) is 11.5. The highest BCUT2D eigenvalue weighted by molar-refractivity contribution is 6.30. The van der Waals surface area contributed by atoms with Crippen LogP contribution in [0, 0.1) is 0 Å². The lowest BCUT2D eigenvalue weighted by Gasteiger charge is -2.35. The van der Waals surface area contributed by atoms with Gasteiger partial charge in [-0.2, -0.15) is 0 Å². The standard InChI is InChI=1S/C19H22Cl2N4O/c20-16-3-1-15(2-4-16)7-8-22-19(26)14-24-9-11-25(12-10-24)18-6-5-17(21)13-23-18/h1-6,13H,7-12,14H2,(H,22,26). The van der Waals surface area contributed by atoms with Crippen molar-refractivity contribution in [2.45, 2.75) is 6.42 Å². The van der Waals surface area contributed by atoms with Crippen LogP contribution in [0.3, 0.4) is 0 Å². The zero-order valence-electron chi connectivity index (χ0n) is 14.5. The number of hydrogen-bond acceptors (Lipinski definition) is 4. The Kier molecular flexibility index (Phi) is 6.72. The molecule has 1 aromatic carbocycles. The third-order valence-corrected chi connectivity index (χ3v) is 4.90. The molecule has 3 rings (SSSR count). The van der Waals surface area contributed by atoms with Crippen molar-refractivity contribution in [3.8, 4) is 0 Å². The van der Waals surface area contributed by atoms with Gasteiger partial charge in [0.2, 0.25) is 5.91 Å². The maximum absolute atomic E-state index is 12.1. The molecule has 1 amide bonds. The molecule has 1 aromatic heterocycles. The summed E-state index contributed by atoms with van der Waals surface area (Å²) in [5, 5.41) is 4.36. The normalized spacial score (nSPS) is 15.1. The van der Waals surface area contributed by atoms with E-state index in [1.807, 2.05) is 36.4 Å². The first-order valence-corrected chi connectivity index (χ1v) is 9.46. The Bertz CT molecular complexity index is 713. The highest BCUT2D eigenvalue weighted by Gasteiger charge is 2.19. The summed E-state index contributed by atoms with van der Waals surface area (Å²) in [4.78, 5) is 20.9. The number of amides is 1. The van der Waals surface area contributed by atoms with Crippen molar-refractivity contribution in [3.63, 3.8) is 0 Å². The molecule has 0 bridgehead atoms. The van der Waals surface area contributed by atoms with E-state index in [1.165, 1.54) is 5.56 Å². The Morgan fingerprint density at radius 3 is 2.35 bits per heavy atom. The van der Waals surface area contributed by atoms with E-state index in [9.17, 15) is 4.79 Å². The number of anilines is 1. The predicted octanol–water partition coefficient (Wildman–Crippen LogP) is 2.87. The third kappa shape index (κ3) is 5.59. The summed E-state index contributed by atoms with van der Waals surface area (Å²) >= 11 is 11.8. The molecule has 26 heavy (non-hydrogen) atoms. The van der Waals surface area contributed by atoms with Crippen molar-refractivity contribution in [1.29, 1.82) is 0 Å². The summed E-state index contributed by atoms with van der Waals surface area (Å²) in [6.45, 7) is 4.46. The Hall–Kier alpha value is -1.82. The van der Waals surface area contributed by atoms with Crippen molar-refractivity contribution < 1.29 is 4.79 Å². The lowest BCUT2D eigenvalue weighted by molar-refractivity contribution is -0.122. The molecule has 0 unspecified atom stereocenters. The Labute approximate surface area is 163 Å². The molecule has 0 spiro atoms. The number of piperazine rings is 1. The predicted molar refractivity (Wildman–Crippen MR) is 106 cm³/mol. The SMILES string of the molecule is O=C(CN1CCN(c2ccc(Cl)cn2)CC1)NCCc1ccc(Cl)cc1. The number of nitrogens with zero attached hydrogens (tertiary/aromatic N) is 3. The van der Waals surface area contributed by atoms with Crippen LogP contribution in [0.4, 0.5) is 5.82 Å². The molecule has 1 fully saturated rings. The first-order valence-electron chi connectivity index (χ1n) is 8.70. The highest BCUT2D eigenvalue weighted by Crippen LogP contribution is 2.16. The average Bonchev–Trinajstić information content (AvgIpc) is 2.65. The van der Waals surface area contributed by atoms with Gasteiger partial charge in [0, 0.05) is 43.9 Å². The molecule has 0 radical (unpaired) electrons. The Morgan fingerprint density at radius 2 is 1.69 bits per heavy atom. The van der Waals surface area contributed by atoms with Crippen molar-refractivity contribution >= 4 is 34.9 Å². The van der Waals surface area contributed by atoms with Gasteiger partial charge in [0.15, 0.2) is 0 Å². The molecule has 1 N–H and O–H groups in total. The lowest BCUT2D eigenvalue weighted by atomic mass is 10.1. The molecule has 0 aliphatic carbocycles. The van der Waals surface area contributed by atoms with E-state index in [1.54, 1.807) is 6.20 Å². The van der Waals surface area contributed by atoms with Gasteiger partial charge in [-0.05, 0) is 36.2 Å². The second-order valence-corrected chi connectivity index (χ2v) is 7.20. The lowest BCUT2D eigenvalue weighted by Crippen LogP contribution is -2.49. The minimum Gasteiger partial charge on any atom is -0.355 e. The molecule has 7 heteroatoms. The van der Waals surface area contributed by atoms with Crippen molar-refractivity contribution in [2.24, 2.45) is 0 Å². The topological polar surface area (TPSA) is 48.5 Å². The Morgan fingerprint density at radius 1 is 1.00 bits per heavy atom. The van der Waals surface area contributed by atoms with Crippen molar-refractivity contribution in [2.75, 3.05) is 44.2 Å². The van der Waals surface area contributed by atoms with Crippen LogP contribution < -0.4 is 10.2 Å². The van der Waals surface area contributed by atoms with E-state index < -0.39 is 0 Å². The van der Waals surface area contributed by atoms with E-state index in [4.69, 9.17) is 23.2 Å². The molecule has 1 aliphatic rings. The average molecular weight is 393 g/mol. The van der Waals surface area contributed by atoms with Gasteiger partial charge in [-0.3, -0.25) is 9.69 Å². The van der Waals surface area contributed by atoms with Gasteiger partial charge in [0.25, 0.3) is 0 Å². The van der Waals surface area contributed by atoms with E-state index in [0.29, 0.717) is 18.1 Å². The minimum absolute atomic E-state index is 0.0667. The Balaban J connectivity index is 1.36. The minimum atomic E-state index is 0.0667. The highest BCUT2D eigenvalue weighted by atomic mass is 35.5. The molecular weight excluding hydrogens is 371 g/mol. The van der Waals surface area contributed by atoms with Gasteiger partial charge in [0.05, 0.1) is 11.6 Å². The van der Waals surface area contributed by atoms with Gasteiger partial charge >= 0.3 is 0 Å². The quantitative estimate of drug-likeness (QED) is 0.820. The van der Waals surface area contributed by atoms with E-state index in [-0.39, 0.29) is 5.91 Å². The van der Waals surface area contributed by atoms with Crippen LogP contribution in [-0.4, -0.2) is 55.1 Å². The fraction of sp³-hybridized carbons (Fsp3) is 0.368. The number of halogens is 2. The largest absolute Gasteiger partial charge is 0.355 e. The number of carbonyl (C=O) groups excluding carboxylic acids is 1. The van der Waals surface area contributed by atoms with Gasteiger partial charge in [-0.15, -0.1) is 0 Å². The second-order valence-electron chi connectivity index (χ2n) is 6.32. The molecule has 2 aromatic rings. The fourth-order valence-corrected chi connectivity index (χ4v) is 3.18. The zero-order valence-corrected chi connectivity index (χ0v) is 16.0. The number of hydrogen-bond donors (Lipinski definition) is 1. The molecule has 2 heterocycles. The fourth-order valence-electron chi connectivity index (χ4n) is 2.95. The zero-order chi connectivity index (χ0) is 18.4. The summed E-state index contributed by atoms with van der Waals surface area (Å²) < 4.78 is 0. The van der Waals surface area contributed by atoms with Crippen molar-refractivity contribution in [1.82, 2.24) is 15.2 Å². The number of carbonyl (C=O) groups is 1. The maximum Gasteiger partial charge on any atom is 0.234 e. The van der Waals surface area contributed by atoms with Gasteiger partial charge < -0.3 is 10.2 Å². The van der Waals surface area contributed by atoms with Crippen LogP contribution in [0.25, 0.3) is 0 Å². The molecular formula is C19H22Cl2N4O. The molecule has 5 nitrogen and oxygen atoms in total. The molecule has 1 saturated heterocycles. The number of nitrogens with one attached hydrogen (secondary N) is 1. The second kappa shape index (κ2) is 9.21. The third-order valence-electron chi connectivity index (χ3n) is 4.42. The molecule has 0 saturated carbocycles. The monoisotopic (exact) mass is 392 g/mol. The van der Waals surface area contributed by atoms with Crippen LogP contribution in [0.2, 0.25) is 10.0 Å². The smallest absolute Gasteiger partial charge is 0.234 e. The molecule has 0 atom stereocenters. The summed E-state index contributed by atoms with van der Waals surface area (Å²) in [6.07, 6.45) is 2.47. The van der Waals surface area contributed by atoms with E-state index in [0.717, 1.165) is 43.4 Å². The summed E-state index contributed by atoms with van der Waals surface area (Å²) in [7, 11) is 0. The van der Waals surface area contributed by atoms with Crippen LogP contribution >= 0.6 is 23.2 Å². The number of benzene rings is 1. The number of rotatable bonds is 6. The summed E-state index contributed by atoms with van der Waals surface area (Å²) in [5.74, 6) is 0.999. The van der Waals surface area contributed by atoms with Crippen molar-refractivity contribution in [3.05, 3.63) is 58.2 Å². The van der Waals surface area contributed by atoms with E-state index in [2.05, 4.69) is 20.1 Å². The number of pyridine rings is 1. The van der Waals surface area contributed by atoms with E-state index >= 15 is 0 Å². The van der Waals surface area contributed by atoms with Crippen LogP contribution in [-0.2, 0) is 11.2 Å². The number of aromatic nitrogens is 1. The van der Waals surface area contributed by atoms with Crippen LogP contribution in [0.5, 0.6) is 0 Å². The molecule has 1 aliphatic heterocycles. The maximum atomic E-state index is 12.1. The van der Waals surface area contributed by atoms with Gasteiger partial charge in [-0.25, -0.2) is 4.98 Å². The first-order chi connectivity index (χ1) is 12.6. The molecule has 138 valence electrons. The summed E-state index contributed by atoms with van der Waals surface area (Å²) in [5.41, 5.74) is 1.17. The van der Waals surface area contributed by atoms with Crippen LogP contribution in [0.1, 0.15) is 5.56 Å². The van der Waals surface area contributed by atoms with Crippen LogP contribution in [0.15, 0.2) is 42.6 Å². The first kappa shape index (κ1) is 19.0. The van der Waals surface area contributed by atoms with Gasteiger partial charge in [0.1, 0.15) is 5.82 Å². The van der Waals surface area contributed by atoms with Gasteiger partial charge in [-0.1, -0.05) is 35.3 Å².